The molecule has 1 aliphatic carbocycles. The summed E-state index contributed by atoms with van der Waals surface area (Å²) in [7, 11) is 1.98. The van der Waals surface area contributed by atoms with Gasteiger partial charge in [-0.1, -0.05) is 18.5 Å². The van der Waals surface area contributed by atoms with E-state index in [-0.39, 0.29) is 11.9 Å². The van der Waals surface area contributed by atoms with E-state index in [2.05, 4.69) is 17.1 Å². The summed E-state index contributed by atoms with van der Waals surface area (Å²) in [6.45, 7) is 5.11. The molecule has 0 heterocycles. The summed E-state index contributed by atoms with van der Waals surface area (Å²) in [5.41, 5.74) is 6.93. The van der Waals surface area contributed by atoms with Crippen molar-refractivity contribution in [3.8, 4) is 0 Å². The Morgan fingerprint density at radius 1 is 1.60 bits per heavy atom. The lowest BCUT2D eigenvalue weighted by atomic mass is 10.2. The Hall–Kier alpha value is -1.26. The van der Waals surface area contributed by atoms with Crippen LogP contribution in [0.2, 0.25) is 5.02 Å². The Morgan fingerprint density at radius 2 is 2.25 bits per heavy atom. The van der Waals surface area contributed by atoms with Crippen LogP contribution in [0.5, 0.6) is 0 Å². The number of hydrogen-bond acceptors (Lipinski definition) is 3. The van der Waals surface area contributed by atoms with Gasteiger partial charge in [0.1, 0.15) is 0 Å². The molecule has 1 saturated carbocycles. The number of likely N-dealkylation sites (N-methyl/N-ethyl adjacent to an activating group) is 1. The predicted octanol–water partition coefficient (Wildman–Crippen LogP) is 2.84. The Balaban J connectivity index is 1.94. The lowest BCUT2D eigenvalue weighted by molar-refractivity contribution is -0.120. The summed E-state index contributed by atoms with van der Waals surface area (Å²) in [5.74, 6) is 1.46. The maximum absolute atomic E-state index is 12.2. The summed E-state index contributed by atoms with van der Waals surface area (Å²) in [6, 6.07) is 4.88. The Kier molecular flexibility index (Phi) is 4.55. The monoisotopic (exact) mass is 295 g/mol. The van der Waals surface area contributed by atoms with Gasteiger partial charge in [0.2, 0.25) is 5.91 Å². The van der Waals surface area contributed by atoms with Crippen LogP contribution in [0.3, 0.4) is 0 Å². The molecule has 0 saturated heterocycles. The van der Waals surface area contributed by atoms with E-state index in [1.807, 2.05) is 14.0 Å². The van der Waals surface area contributed by atoms with Crippen molar-refractivity contribution in [3.05, 3.63) is 23.2 Å². The number of nitrogen functional groups attached to an aromatic ring is 1. The Morgan fingerprint density at radius 3 is 2.85 bits per heavy atom. The molecule has 0 radical (unpaired) electrons. The van der Waals surface area contributed by atoms with Crippen LogP contribution in [0.25, 0.3) is 0 Å². The van der Waals surface area contributed by atoms with Gasteiger partial charge in [-0.3, -0.25) is 9.69 Å². The van der Waals surface area contributed by atoms with E-state index in [0.29, 0.717) is 16.4 Å². The van der Waals surface area contributed by atoms with Crippen molar-refractivity contribution in [3.63, 3.8) is 0 Å². The van der Waals surface area contributed by atoms with Crippen molar-refractivity contribution in [2.75, 3.05) is 24.6 Å². The molecule has 110 valence electrons. The highest BCUT2D eigenvalue weighted by atomic mass is 35.5. The summed E-state index contributed by atoms with van der Waals surface area (Å²) in [6.07, 6.45) is 1.26. The van der Waals surface area contributed by atoms with Gasteiger partial charge in [-0.15, -0.1) is 0 Å². The van der Waals surface area contributed by atoms with Crippen LogP contribution in [0.15, 0.2) is 18.2 Å². The van der Waals surface area contributed by atoms with Crippen LogP contribution in [0.4, 0.5) is 11.4 Å². The van der Waals surface area contributed by atoms with E-state index < -0.39 is 0 Å². The average Bonchev–Trinajstić information content (AvgIpc) is 3.08. The lowest BCUT2D eigenvalue weighted by Crippen LogP contribution is -2.40. The van der Waals surface area contributed by atoms with Crippen molar-refractivity contribution in [1.29, 1.82) is 0 Å². The molecule has 1 aliphatic rings. The van der Waals surface area contributed by atoms with Gasteiger partial charge in [0.05, 0.1) is 17.4 Å². The van der Waals surface area contributed by atoms with Crippen molar-refractivity contribution in [1.82, 2.24) is 4.90 Å². The first-order valence-electron chi connectivity index (χ1n) is 6.94. The molecule has 0 aliphatic heterocycles. The molecule has 1 aromatic rings. The standard InChI is InChI=1S/C15H22ClN3O/c1-9-6-11(9)8-19(3)10(2)15(20)18-14-7-12(16)4-5-13(14)17/h4-5,7,9-11H,6,8,17H2,1-3H3,(H,18,20). The van der Waals surface area contributed by atoms with E-state index in [1.165, 1.54) is 6.42 Å². The molecule has 2 rings (SSSR count). The van der Waals surface area contributed by atoms with Gasteiger partial charge in [0, 0.05) is 11.6 Å². The van der Waals surface area contributed by atoms with Gasteiger partial charge in [0.15, 0.2) is 0 Å². The Labute approximate surface area is 125 Å². The van der Waals surface area contributed by atoms with Gasteiger partial charge < -0.3 is 11.1 Å². The van der Waals surface area contributed by atoms with Crippen molar-refractivity contribution in [2.45, 2.75) is 26.3 Å². The van der Waals surface area contributed by atoms with Crippen LogP contribution >= 0.6 is 11.6 Å². The predicted molar refractivity (Wildman–Crippen MR) is 83.9 cm³/mol. The molecule has 4 nitrogen and oxygen atoms in total. The van der Waals surface area contributed by atoms with Gasteiger partial charge >= 0.3 is 0 Å². The lowest BCUT2D eigenvalue weighted by Gasteiger charge is -2.24. The number of nitrogens with zero attached hydrogens (tertiary/aromatic N) is 1. The van der Waals surface area contributed by atoms with Gasteiger partial charge in [-0.2, -0.15) is 0 Å². The fraction of sp³-hybridized carbons (Fsp3) is 0.533. The minimum Gasteiger partial charge on any atom is -0.397 e. The van der Waals surface area contributed by atoms with E-state index >= 15 is 0 Å². The molecule has 5 heteroatoms. The van der Waals surface area contributed by atoms with Crippen LogP contribution in [0, 0.1) is 11.8 Å². The highest BCUT2D eigenvalue weighted by Crippen LogP contribution is 2.38. The fourth-order valence-electron chi connectivity index (χ4n) is 2.26. The number of amides is 1. The van der Waals surface area contributed by atoms with Crippen molar-refractivity contribution < 1.29 is 4.79 Å². The number of carbonyl (C=O) groups excluding carboxylic acids is 1. The second-order valence-corrected chi connectivity index (χ2v) is 6.25. The molecule has 0 spiro atoms. The largest absolute Gasteiger partial charge is 0.397 e. The summed E-state index contributed by atoms with van der Waals surface area (Å²) in [5, 5.41) is 3.40. The molecule has 1 fully saturated rings. The van der Waals surface area contributed by atoms with Crippen LogP contribution in [-0.4, -0.2) is 30.4 Å². The smallest absolute Gasteiger partial charge is 0.241 e. The third-order valence-corrected chi connectivity index (χ3v) is 4.35. The molecule has 1 amide bonds. The van der Waals surface area contributed by atoms with E-state index in [9.17, 15) is 4.79 Å². The van der Waals surface area contributed by atoms with E-state index in [0.717, 1.165) is 18.4 Å². The van der Waals surface area contributed by atoms with Crippen molar-refractivity contribution >= 4 is 28.9 Å². The van der Waals surface area contributed by atoms with Gasteiger partial charge in [0.25, 0.3) is 0 Å². The van der Waals surface area contributed by atoms with E-state index in [1.54, 1.807) is 18.2 Å². The van der Waals surface area contributed by atoms with Gasteiger partial charge in [-0.25, -0.2) is 0 Å². The molecule has 1 aromatic carbocycles. The molecular formula is C15H22ClN3O. The normalized spacial score (nSPS) is 22.6. The molecule has 20 heavy (non-hydrogen) atoms. The summed E-state index contributed by atoms with van der Waals surface area (Å²) < 4.78 is 0. The summed E-state index contributed by atoms with van der Waals surface area (Å²) >= 11 is 5.92. The second-order valence-electron chi connectivity index (χ2n) is 5.81. The quantitative estimate of drug-likeness (QED) is 0.821. The number of hydrogen-bond donors (Lipinski definition) is 2. The van der Waals surface area contributed by atoms with Crippen LogP contribution in [-0.2, 0) is 4.79 Å². The molecule has 3 N–H and O–H groups in total. The minimum absolute atomic E-state index is 0.0604. The van der Waals surface area contributed by atoms with E-state index in [4.69, 9.17) is 17.3 Å². The first-order chi connectivity index (χ1) is 9.38. The zero-order valence-electron chi connectivity index (χ0n) is 12.2. The second kappa shape index (κ2) is 6.02. The van der Waals surface area contributed by atoms with Crippen LogP contribution in [0.1, 0.15) is 20.3 Å². The zero-order chi connectivity index (χ0) is 14.9. The number of benzene rings is 1. The number of nitrogens with one attached hydrogen (secondary N) is 1. The molecule has 0 bridgehead atoms. The van der Waals surface area contributed by atoms with Crippen LogP contribution < -0.4 is 11.1 Å². The molecule has 3 atom stereocenters. The number of rotatable bonds is 5. The first-order valence-corrected chi connectivity index (χ1v) is 7.32. The average molecular weight is 296 g/mol. The fourth-order valence-corrected chi connectivity index (χ4v) is 2.43. The molecule has 0 aromatic heterocycles. The topological polar surface area (TPSA) is 58.4 Å². The number of anilines is 2. The highest BCUT2D eigenvalue weighted by Gasteiger charge is 2.34. The zero-order valence-corrected chi connectivity index (χ0v) is 12.9. The number of carbonyl (C=O) groups is 1. The molecular weight excluding hydrogens is 274 g/mol. The maximum atomic E-state index is 12.2. The maximum Gasteiger partial charge on any atom is 0.241 e. The number of halogens is 1. The first kappa shape index (κ1) is 15.1. The van der Waals surface area contributed by atoms with Gasteiger partial charge in [-0.05, 0) is 50.4 Å². The minimum atomic E-state index is -0.193. The van der Waals surface area contributed by atoms with Crippen molar-refractivity contribution in [2.24, 2.45) is 11.8 Å². The SMILES string of the molecule is CC1CC1CN(C)C(C)C(=O)Nc1cc(Cl)ccc1N. The number of nitrogens with two attached hydrogens (primary N) is 1. The summed E-state index contributed by atoms with van der Waals surface area (Å²) in [4.78, 5) is 14.3. The Bertz CT molecular complexity index is 506. The molecule has 3 unspecified atom stereocenters. The highest BCUT2D eigenvalue weighted by molar-refractivity contribution is 6.31. The third-order valence-electron chi connectivity index (χ3n) is 4.11. The third kappa shape index (κ3) is 3.64.